The van der Waals surface area contributed by atoms with Gasteiger partial charge in [-0.3, -0.25) is 4.79 Å². The first kappa shape index (κ1) is 14.3. The van der Waals surface area contributed by atoms with Gasteiger partial charge in [0, 0.05) is 0 Å². The lowest BCUT2D eigenvalue weighted by molar-refractivity contribution is -0.121. The van der Waals surface area contributed by atoms with Crippen molar-refractivity contribution < 1.29 is 9.21 Å². The van der Waals surface area contributed by atoms with Crippen LogP contribution >= 0.6 is 12.2 Å². The van der Waals surface area contributed by atoms with E-state index in [0.717, 1.165) is 11.3 Å². The summed E-state index contributed by atoms with van der Waals surface area (Å²) in [5.74, 6) is 0.661. The van der Waals surface area contributed by atoms with Gasteiger partial charge < -0.3 is 15.5 Å². The average molecular weight is 288 g/mol. The van der Waals surface area contributed by atoms with Gasteiger partial charge in [-0.1, -0.05) is 42.5 Å². The van der Waals surface area contributed by atoms with Gasteiger partial charge in [0.2, 0.25) is 5.91 Å². The summed E-state index contributed by atoms with van der Waals surface area (Å²) in [4.78, 5) is 12.4. The summed E-state index contributed by atoms with van der Waals surface area (Å²) in [7, 11) is 0. The van der Waals surface area contributed by atoms with Gasteiger partial charge in [-0.25, -0.2) is 0 Å². The van der Waals surface area contributed by atoms with Crippen LogP contribution in [0.4, 0.5) is 0 Å². The highest BCUT2D eigenvalue weighted by atomic mass is 32.1. The smallest absolute Gasteiger partial charge is 0.234 e. The Morgan fingerprint density at radius 1 is 1.30 bits per heavy atom. The molecule has 0 aliphatic carbocycles. The molecule has 4 nitrogen and oxygen atoms in total. The standard InChI is InChI=1S/C15H16N2O2S/c1-10-7-8-12(19-10)9-17-15(18)13(14(16)20)11-5-3-2-4-6-11/h2-8,13H,9H2,1H3,(H2,16,20)(H,17,18). The third kappa shape index (κ3) is 3.45. The fourth-order valence-corrected chi connectivity index (χ4v) is 2.19. The predicted molar refractivity (Wildman–Crippen MR) is 81.3 cm³/mol. The number of amides is 1. The highest BCUT2D eigenvalue weighted by Crippen LogP contribution is 2.16. The maximum atomic E-state index is 12.2. The van der Waals surface area contributed by atoms with Crippen LogP contribution in [-0.2, 0) is 11.3 Å². The van der Waals surface area contributed by atoms with Crippen molar-refractivity contribution in [3.05, 3.63) is 59.5 Å². The van der Waals surface area contributed by atoms with E-state index in [1.807, 2.05) is 49.4 Å². The monoisotopic (exact) mass is 288 g/mol. The van der Waals surface area contributed by atoms with Gasteiger partial charge in [0.05, 0.1) is 11.5 Å². The molecule has 1 aromatic heterocycles. The van der Waals surface area contributed by atoms with Crippen LogP contribution < -0.4 is 11.1 Å². The number of furan rings is 1. The zero-order valence-corrected chi connectivity index (χ0v) is 11.9. The second-order valence-electron chi connectivity index (χ2n) is 4.48. The molecule has 0 fully saturated rings. The van der Waals surface area contributed by atoms with Gasteiger partial charge in [0.1, 0.15) is 17.4 Å². The molecule has 1 unspecified atom stereocenters. The molecule has 5 heteroatoms. The Morgan fingerprint density at radius 2 is 2.00 bits per heavy atom. The Morgan fingerprint density at radius 3 is 2.55 bits per heavy atom. The van der Waals surface area contributed by atoms with E-state index < -0.39 is 5.92 Å². The van der Waals surface area contributed by atoms with Crippen molar-refractivity contribution in [3.63, 3.8) is 0 Å². The lowest BCUT2D eigenvalue weighted by Crippen LogP contribution is -2.35. The van der Waals surface area contributed by atoms with Crippen LogP contribution in [0.15, 0.2) is 46.9 Å². The van der Waals surface area contributed by atoms with E-state index in [9.17, 15) is 4.79 Å². The number of carbonyl (C=O) groups excluding carboxylic acids is 1. The zero-order chi connectivity index (χ0) is 14.5. The first-order valence-corrected chi connectivity index (χ1v) is 6.66. The number of hydrogen-bond acceptors (Lipinski definition) is 3. The molecule has 3 N–H and O–H groups in total. The minimum Gasteiger partial charge on any atom is -0.465 e. The normalized spacial score (nSPS) is 11.8. The Kier molecular flexibility index (Phi) is 4.53. The average Bonchev–Trinajstić information content (AvgIpc) is 2.83. The molecule has 1 atom stereocenters. The number of aryl methyl sites for hydroxylation is 1. The molecular weight excluding hydrogens is 272 g/mol. The van der Waals surface area contributed by atoms with Gasteiger partial charge in [0.25, 0.3) is 0 Å². The topological polar surface area (TPSA) is 68.3 Å². The van der Waals surface area contributed by atoms with E-state index in [1.165, 1.54) is 0 Å². The molecule has 2 rings (SSSR count). The lowest BCUT2D eigenvalue weighted by atomic mass is 9.98. The summed E-state index contributed by atoms with van der Waals surface area (Å²) in [6, 6.07) is 12.9. The molecule has 0 saturated heterocycles. The first-order chi connectivity index (χ1) is 9.58. The summed E-state index contributed by atoms with van der Waals surface area (Å²) in [6.45, 7) is 2.17. The molecule has 1 heterocycles. The SMILES string of the molecule is Cc1ccc(CNC(=O)C(C(N)=S)c2ccccc2)o1. The number of thiocarbonyl (C=S) groups is 1. The summed E-state index contributed by atoms with van der Waals surface area (Å²) in [5.41, 5.74) is 6.48. The van der Waals surface area contributed by atoms with Gasteiger partial charge in [0.15, 0.2) is 0 Å². The Balaban J connectivity index is 2.06. The summed E-state index contributed by atoms with van der Waals surface area (Å²) in [6.07, 6.45) is 0. The largest absolute Gasteiger partial charge is 0.465 e. The van der Waals surface area contributed by atoms with Gasteiger partial charge in [-0.15, -0.1) is 0 Å². The molecule has 104 valence electrons. The summed E-state index contributed by atoms with van der Waals surface area (Å²) >= 11 is 5.00. The molecule has 0 saturated carbocycles. The third-order valence-corrected chi connectivity index (χ3v) is 3.15. The molecule has 0 aliphatic heterocycles. The Labute approximate surface area is 123 Å². The van der Waals surface area contributed by atoms with Crippen LogP contribution in [0.25, 0.3) is 0 Å². The van der Waals surface area contributed by atoms with Crippen molar-refractivity contribution in [2.75, 3.05) is 0 Å². The predicted octanol–water partition coefficient (Wildman–Crippen LogP) is 2.27. The molecule has 0 radical (unpaired) electrons. The van der Waals surface area contributed by atoms with E-state index in [1.54, 1.807) is 0 Å². The number of nitrogens with one attached hydrogen (secondary N) is 1. The van der Waals surface area contributed by atoms with Crippen molar-refractivity contribution in [2.45, 2.75) is 19.4 Å². The van der Waals surface area contributed by atoms with Crippen molar-refractivity contribution in [1.82, 2.24) is 5.32 Å². The first-order valence-electron chi connectivity index (χ1n) is 6.25. The zero-order valence-electron chi connectivity index (χ0n) is 11.1. The second kappa shape index (κ2) is 6.34. The summed E-state index contributed by atoms with van der Waals surface area (Å²) < 4.78 is 5.40. The summed E-state index contributed by atoms with van der Waals surface area (Å²) in [5, 5.41) is 2.79. The van der Waals surface area contributed by atoms with Crippen molar-refractivity contribution in [3.8, 4) is 0 Å². The van der Waals surface area contributed by atoms with Crippen LogP contribution in [0, 0.1) is 6.92 Å². The maximum absolute atomic E-state index is 12.2. The fourth-order valence-electron chi connectivity index (χ4n) is 1.95. The number of hydrogen-bond donors (Lipinski definition) is 2. The molecule has 1 amide bonds. The number of carbonyl (C=O) groups is 1. The minimum atomic E-state index is -0.623. The van der Waals surface area contributed by atoms with Crippen molar-refractivity contribution >= 4 is 23.1 Å². The van der Waals surface area contributed by atoms with Crippen LogP contribution in [-0.4, -0.2) is 10.9 Å². The maximum Gasteiger partial charge on any atom is 0.234 e. The van der Waals surface area contributed by atoms with Crippen LogP contribution in [0.1, 0.15) is 23.0 Å². The van der Waals surface area contributed by atoms with Crippen molar-refractivity contribution in [1.29, 1.82) is 0 Å². The Bertz CT molecular complexity index is 607. The molecule has 0 aliphatic rings. The van der Waals surface area contributed by atoms with Gasteiger partial charge in [-0.05, 0) is 24.6 Å². The van der Waals surface area contributed by atoms with Gasteiger partial charge >= 0.3 is 0 Å². The molecule has 1 aromatic carbocycles. The van der Waals surface area contributed by atoms with Crippen molar-refractivity contribution in [2.24, 2.45) is 5.73 Å². The quantitative estimate of drug-likeness (QED) is 0.828. The van der Waals surface area contributed by atoms with Crippen LogP contribution in [0.5, 0.6) is 0 Å². The highest BCUT2D eigenvalue weighted by Gasteiger charge is 2.23. The number of rotatable bonds is 5. The van der Waals surface area contributed by atoms with Gasteiger partial charge in [-0.2, -0.15) is 0 Å². The molecular formula is C15H16N2O2S. The van der Waals surface area contributed by atoms with E-state index in [2.05, 4.69) is 5.32 Å². The van der Waals surface area contributed by atoms with E-state index >= 15 is 0 Å². The second-order valence-corrected chi connectivity index (χ2v) is 4.95. The number of benzene rings is 1. The van der Waals surface area contributed by atoms with E-state index in [4.69, 9.17) is 22.4 Å². The molecule has 2 aromatic rings. The molecule has 20 heavy (non-hydrogen) atoms. The lowest BCUT2D eigenvalue weighted by Gasteiger charge is -2.15. The van der Waals surface area contributed by atoms with E-state index in [0.29, 0.717) is 12.3 Å². The fraction of sp³-hybridized carbons (Fsp3) is 0.200. The highest BCUT2D eigenvalue weighted by molar-refractivity contribution is 7.80. The van der Waals surface area contributed by atoms with Crippen LogP contribution in [0.3, 0.4) is 0 Å². The third-order valence-electron chi connectivity index (χ3n) is 2.91. The number of nitrogens with two attached hydrogens (primary N) is 1. The minimum absolute atomic E-state index is 0.157. The molecule has 0 bridgehead atoms. The Hall–Kier alpha value is -2.14. The van der Waals surface area contributed by atoms with E-state index in [-0.39, 0.29) is 10.9 Å². The molecule has 0 spiro atoms. The van der Waals surface area contributed by atoms with Crippen LogP contribution in [0.2, 0.25) is 0 Å².